The van der Waals surface area contributed by atoms with Crippen molar-refractivity contribution in [2.24, 2.45) is 23.0 Å². The van der Waals surface area contributed by atoms with Gasteiger partial charge in [0.15, 0.2) is 17.1 Å². The Morgan fingerprint density at radius 3 is 2.29 bits per heavy atom. The number of aliphatic hydroxyl groups excluding tert-OH is 3. The molecule has 0 saturated carbocycles. The van der Waals surface area contributed by atoms with Crippen LogP contribution in [0.5, 0.6) is 5.75 Å². The molecular weight excluding hydrogens is 538 g/mol. The number of nitrogens with one attached hydrogen (secondary N) is 1. The molecule has 4 rings (SSSR count). The number of aromatic hydroxyl groups is 1. The van der Waals surface area contributed by atoms with Crippen molar-refractivity contribution in [1.29, 1.82) is 0 Å². The lowest BCUT2D eigenvalue weighted by Gasteiger charge is -2.53. The minimum absolute atomic E-state index is 0.0693. The smallest absolute Gasteiger partial charge is 0.411 e. The molecule has 0 spiro atoms. The molecule has 1 aromatic rings. The summed E-state index contributed by atoms with van der Waals surface area (Å²) < 4.78 is 5.16. The van der Waals surface area contributed by atoms with Crippen molar-refractivity contribution in [3.8, 4) is 5.75 Å². The van der Waals surface area contributed by atoms with Crippen LogP contribution in [0.1, 0.15) is 49.5 Å². The van der Waals surface area contributed by atoms with E-state index in [0.29, 0.717) is 0 Å². The number of aliphatic hydroxyl groups is 4. The van der Waals surface area contributed by atoms with Gasteiger partial charge in [0.1, 0.15) is 17.1 Å². The molecule has 0 radical (unpaired) electrons. The predicted octanol–water partition coefficient (Wildman–Crippen LogP) is 1.25. The molecule has 8 N–H and O–H groups in total. The van der Waals surface area contributed by atoms with Crippen LogP contribution in [0.25, 0.3) is 0 Å². The average Bonchev–Trinajstić information content (AvgIpc) is 2.85. The number of nitrogens with two attached hydrogens (primary N) is 1. The summed E-state index contributed by atoms with van der Waals surface area (Å²) in [5.74, 6) is -9.96. The summed E-state index contributed by atoms with van der Waals surface area (Å²) in [5.41, 5.74) is 0.252. The largest absolute Gasteiger partial charge is 0.510 e. The Bertz CT molecular complexity index is 1420. The van der Waals surface area contributed by atoms with Gasteiger partial charge in [-0.25, -0.2) is 4.79 Å². The number of benzene rings is 1. The Hall–Kier alpha value is -3.94. The van der Waals surface area contributed by atoms with Crippen molar-refractivity contribution in [2.45, 2.75) is 51.4 Å². The molecule has 0 aliphatic heterocycles. The highest BCUT2D eigenvalue weighted by atomic mass is 16.5. The molecule has 222 valence electrons. The van der Waals surface area contributed by atoms with Gasteiger partial charge in [0.25, 0.3) is 5.91 Å². The number of nitrogens with zero attached hydrogens (tertiary/aromatic N) is 1. The van der Waals surface area contributed by atoms with Crippen molar-refractivity contribution in [2.75, 3.05) is 26.0 Å². The molecule has 0 fully saturated rings. The number of phenols is 1. The fourth-order valence-electron chi connectivity index (χ4n) is 6.15. The fraction of sp³-hybridized carbons (Fsp3) is 0.500. The quantitative estimate of drug-likeness (QED) is 0.201. The van der Waals surface area contributed by atoms with Gasteiger partial charge < -0.3 is 36.0 Å². The highest BCUT2D eigenvalue weighted by Gasteiger charge is 2.67. The number of anilines is 1. The van der Waals surface area contributed by atoms with Gasteiger partial charge in [-0.05, 0) is 37.1 Å². The van der Waals surface area contributed by atoms with Gasteiger partial charge in [0, 0.05) is 11.5 Å². The van der Waals surface area contributed by atoms with Crippen LogP contribution in [0.4, 0.5) is 10.5 Å². The lowest BCUT2D eigenvalue weighted by atomic mass is 9.55. The standard InChI is InChI=1S/C28H35N3O10/c1-10-11-7-8-12(30-26(39)41-9-27(2,3)4)19(32)14(11)20(33)15-13(10)21(34)17-18(31(5)6)22(35)16(25(29)38)24(37)28(17,40)23(15)36/h7-8,10,13,17-18,21,32,34-36,40H,9H2,1-6H3,(H2,29,38)(H,30,39). The maximum atomic E-state index is 13.9. The zero-order valence-corrected chi connectivity index (χ0v) is 23.6. The third kappa shape index (κ3) is 4.44. The zero-order chi connectivity index (χ0) is 30.9. The Morgan fingerprint density at radius 1 is 1.15 bits per heavy atom. The number of ether oxygens (including phenoxy) is 1. The topological polar surface area (TPSA) is 220 Å². The highest BCUT2D eigenvalue weighted by molar-refractivity contribution is 6.25. The van der Waals surface area contributed by atoms with E-state index in [2.05, 4.69) is 5.32 Å². The average molecular weight is 574 g/mol. The van der Waals surface area contributed by atoms with E-state index >= 15 is 0 Å². The van der Waals surface area contributed by atoms with E-state index in [-0.39, 0.29) is 28.8 Å². The van der Waals surface area contributed by atoms with Gasteiger partial charge >= 0.3 is 6.09 Å². The molecule has 1 aromatic carbocycles. The Labute approximate surface area is 235 Å². The second kappa shape index (κ2) is 9.86. The number of primary amides is 1. The summed E-state index contributed by atoms with van der Waals surface area (Å²) in [6.45, 7) is 7.24. The number of hydrogen-bond donors (Lipinski definition) is 7. The van der Waals surface area contributed by atoms with Crippen molar-refractivity contribution < 1.29 is 49.4 Å². The molecule has 2 amide bonds. The molecule has 0 heterocycles. The first-order chi connectivity index (χ1) is 18.9. The number of carbonyl (C=O) groups excluding carboxylic acids is 4. The van der Waals surface area contributed by atoms with Crippen LogP contribution in [0.3, 0.4) is 0 Å². The van der Waals surface area contributed by atoms with Gasteiger partial charge in [0.05, 0.1) is 35.9 Å². The van der Waals surface area contributed by atoms with E-state index in [1.54, 1.807) is 6.92 Å². The molecule has 0 bridgehead atoms. The minimum atomic E-state index is -3.01. The number of amides is 2. The van der Waals surface area contributed by atoms with E-state index in [1.165, 1.54) is 31.1 Å². The normalized spacial score (nSPS) is 29.6. The maximum absolute atomic E-state index is 13.9. The van der Waals surface area contributed by atoms with E-state index in [9.17, 15) is 44.7 Å². The Balaban J connectivity index is 1.87. The molecular formula is C28H35N3O10. The molecule has 6 unspecified atom stereocenters. The molecule has 13 nitrogen and oxygen atoms in total. The van der Waals surface area contributed by atoms with E-state index in [0.717, 1.165) is 0 Å². The summed E-state index contributed by atoms with van der Waals surface area (Å²) in [4.78, 5) is 53.1. The summed E-state index contributed by atoms with van der Waals surface area (Å²) in [6.07, 6.45) is -2.58. The van der Waals surface area contributed by atoms with Crippen LogP contribution in [0.15, 0.2) is 34.8 Å². The van der Waals surface area contributed by atoms with Crippen LogP contribution < -0.4 is 11.1 Å². The predicted molar refractivity (Wildman–Crippen MR) is 144 cm³/mol. The SMILES string of the molecule is CC1c2ccc(NC(=O)OCC(C)(C)C)c(O)c2C(=O)C2=C(O)C3(O)C(=O)C(C(N)=O)=C(O)C(N(C)C)C3C(O)C21. The summed E-state index contributed by atoms with van der Waals surface area (Å²) in [7, 11) is 2.92. The van der Waals surface area contributed by atoms with E-state index in [4.69, 9.17) is 10.5 Å². The molecule has 41 heavy (non-hydrogen) atoms. The van der Waals surface area contributed by atoms with Crippen molar-refractivity contribution in [3.05, 3.63) is 45.9 Å². The van der Waals surface area contributed by atoms with Gasteiger partial charge in [-0.3, -0.25) is 24.6 Å². The lowest BCUT2D eigenvalue weighted by Crippen LogP contribution is -2.68. The third-order valence-electron chi connectivity index (χ3n) is 8.00. The number of rotatable bonds is 4. The summed E-state index contributed by atoms with van der Waals surface area (Å²) in [5, 5.41) is 59.1. The second-order valence-electron chi connectivity index (χ2n) is 12.2. The number of fused-ring (bicyclic) bond motifs is 3. The monoisotopic (exact) mass is 573 g/mol. The molecule has 0 saturated heterocycles. The number of phenolic OH excluding ortho intramolecular Hbond substituents is 1. The number of hydrogen-bond acceptors (Lipinski definition) is 11. The van der Waals surface area contributed by atoms with Gasteiger partial charge in [-0.1, -0.05) is 33.8 Å². The fourth-order valence-corrected chi connectivity index (χ4v) is 6.15. The van der Waals surface area contributed by atoms with E-state index in [1.807, 2.05) is 20.8 Å². The first-order valence-corrected chi connectivity index (χ1v) is 13.0. The molecule has 3 aliphatic rings. The van der Waals surface area contributed by atoms with Crippen LogP contribution >= 0.6 is 0 Å². The van der Waals surface area contributed by atoms with Gasteiger partial charge in [-0.2, -0.15) is 0 Å². The Morgan fingerprint density at radius 2 is 1.76 bits per heavy atom. The number of likely N-dealkylation sites (N-methyl/N-ethyl adjacent to an activating group) is 1. The highest BCUT2D eigenvalue weighted by Crippen LogP contribution is 2.56. The molecule has 13 heteroatoms. The Kier molecular flexibility index (Phi) is 7.22. The first-order valence-electron chi connectivity index (χ1n) is 13.0. The molecule has 3 aliphatic carbocycles. The van der Waals surface area contributed by atoms with Crippen LogP contribution in [-0.4, -0.2) is 92.4 Å². The molecule has 0 aromatic heterocycles. The second-order valence-corrected chi connectivity index (χ2v) is 12.2. The minimum Gasteiger partial charge on any atom is -0.510 e. The van der Waals surface area contributed by atoms with Crippen LogP contribution in [0.2, 0.25) is 0 Å². The summed E-state index contributed by atoms with van der Waals surface area (Å²) in [6, 6.07) is 1.48. The lowest BCUT2D eigenvalue weighted by molar-refractivity contribution is -0.162. The van der Waals surface area contributed by atoms with Gasteiger partial charge in [-0.15, -0.1) is 0 Å². The van der Waals surface area contributed by atoms with Crippen molar-refractivity contribution in [1.82, 2.24) is 4.90 Å². The number of ketones is 2. The van der Waals surface area contributed by atoms with Crippen LogP contribution in [-0.2, 0) is 14.3 Å². The first kappa shape index (κ1) is 30.0. The third-order valence-corrected chi connectivity index (χ3v) is 8.00. The van der Waals surface area contributed by atoms with Crippen molar-refractivity contribution in [3.63, 3.8) is 0 Å². The maximum Gasteiger partial charge on any atom is 0.411 e. The zero-order valence-electron chi connectivity index (χ0n) is 23.6. The summed E-state index contributed by atoms with van der Waals surface area (Å²) >= 11 is 0. The van der Waals surface area contributed by atoms with E-state index < -0.39 is 87.5 Å². The van der Waals surface area contributed by atoms with Gasteiger partial charge in [0.2, 0.25) is 5.78 Å². The van der Waals surface area contributed by atoms with Crippen molar-refractivity contribution >= 4 is 29.3 Å². The number of carbonyl (C=O) groups is 4. The molecule has 6 atom stereocenters. The van der Waals surface area contributed by atoms with Crippen LogP contribution in [0, 0.1) is 17.3 Å². The number of Topliss-reactive ketones (excluding diaryl/α,β-unsaturated/α-hetero) is 2.